The van der Waals surface area contributed by atoms with Crippen molar-refractivity contribution in [1.29, 1.82) is 0 Å². The van der Waals surface area contributed by atoms with Gasteiger partial charge in [-0.3, -0.25) is 0 Å². The summed E-state index contributed by atoms with van der Waals surface area (Å²) in [7, 11) is 0. The largest absolute Gasteiger partial charge is 0.361 e. The fourth-order valence-electron chi connectivity index (χ4n) is 4.63. The van der Waals surface area contributed by atoms with E-state index in [1.54, 1.807) is 0 Å². The summed E-state index contributed by atoms with van der Waals surface area (Å²) >= 11 is 6.30. The topological polar surface area (TPSA) is 12.0 Å². The molecule has 0 radical (unpaired) electrons. The van der Waals surface area contributed by atoms with Crippen molar-refractivity contribution in [3.8, 4) is 0 Å². The molecule has 2 aromatic rings. The van der Waals surface area contributed by atoms with Crippen molar-refractivity contribution >= 4 is 23.3 Å². The quantitative estimate of drug-likeness (QED) is 0.790. The number of halogens is 1. The molecule has 1 nitrogen and oxygen atoms in total. The molecule has 1 unspecified atom stereocenters. The highest BCUT2D eigenvalue weighted by Gasteiger charge is 2.21. The molecule has 1 aliphatic heterocycles. The van der Waals surface area contributed by atoms with Crippen LogP contribution in [0.25, 0.3) is 11.6 Å². The zero-order chi connectivity index (χ0) is 18.4. The molecule has 3 aliphatic rings. The summed E-state index contributed by atoms with van der Waals surface area (Å²) in [6, 6.07) is 10.9. The Morgan fingerprint density at radius 3 is 2.74 bits per heavy atom. The maximum atomic E-state index is 6.30. The second-order valence-corrected chi connectivity index (χ2v) is 8.15. The number of hydrogen-bond donors (Lipinski definition) is 1. The fraction of sp³-hybridized carbons (Fsp3) is 0.200. The summed E-state index contributed by atoms with van der Waals surface area (Å²) in [6.45, 7) is 2.36. The van der Waals surface area contributed by atoms with Gasteiger partial charge in [0, 0.05) is 16.9 Å². The number of nitrogens with one attached hydrogen (secondary N) is 1. The number of rotatable bonds is 1. The van der Waals surface area contributed by atoms with E-state index in [4.69, 9.17) is 11.6 Å². The molecule has 134 valence electrons. The van der Waals surface area contributed by atoms with Crippen LogP contribution in [-0.2, 0) is 12.8 Å². The van der Waals surface area contributed by atoms with Crippen molar-refractivity contribution in [2.75, 3.05) is 0 Å². The first-order valence-corrected chi connectivity index (χ1v) is 10.0. The van der Waals surface area contributed by atoms with E-state index in [2.05, 4.69) is 60.8 Å². The molecule has 1 N–H and O–H groups in total. The minimum Gasteiger partial charge on any atom is -0.361 e. The van der Waals surface area contributed by atoms with E-state index in [0.717, 1.165) is 24.3 Å². The third kappa shape index (κ3) is 2.87. The maximum Gasteiger partial charge on any atom is 0.0418 e. The Morgan fingerprint density at radius 1 is 0.926 bits per heavy atom. The molecule has 0 saturated carbocycles. The summed E-state index contributed by atoms with van der Waals surface area (Å²) in [4.78, 5) is 0. The van der Waals surface area contributed by atoms with E-state index >= 15 is 0 Å². The number of fused-ring (bicyclic) bond motifs is 4. The summed E-state index contributed by atoms with van der Waals surface area (Å²) in [5, 5.41) is 9.60. The van der Waals surface area contributed by atoms with Gasteiger partial charge in [0.15, 0.2) is 0 Å². The zero-order valence-corrected chi connectivity index (χ0v) is 16.2. The van der Waals surface area contributed by atoms with Gasteiger partial charge < -0.3 is 5.32 Å². The Kier molecular flexibility index (Phi) is 4.06. The van der Waals surface area contributed by atoms with E-state index in [9.17, 15) is 0 Å². The van der Waals surface area contributed by atoms with Crippen LogP contribution in [0.15, 0.2) is 66.5 Å². The van der Waals surface area contributed by atoms with Gasteiger partial charge in [0.05, 0.1) is 0 Å². The lowest BCUT2D eigenvalue weighted by Gasteiger charge is -2.26. The second kappa shape index (κ2) is 6.58. The third-order valence-electron chi connectivity index (χ3n) is 5.84. The van der Waals surface area contributed by atoms with Crippen molar-refractivity contribution in [3.63, 3.8) is 0 Å². The molecule has 0 spiro atoms. The molecule has 1 heterocycles. The Morgan fingerprint density at radius 2 is 1.81 bits per heavy atom. The SMILES string of the molecule is CC1CC(C2=CC=CC=CN2)=c2ccc3c(c2C1)CC=c1ccc(Cl)cc1=3. The average molecular weight is 372 g/mol. The Hall–Kier alpha value is -2.51. The smallest absolute Gasteiger partial charge is 0.0418 e. The summed E-state index contributed by atoms with van der Waals surface area (Å²) < 4.78 is 0. The lowest BCUT2D eigenvalue weighted by Crippen LogP contribution is -2.28. The second-order valence-electron chi connectivity index (χ2n) is 7.72. The van der Waals surface area contributed by atoms with Gasteiger partial charge >= 0.3 is 0 Å². The number of benzene rings is 2. The van der Waals surface area contributed by atoms with Gasteiger partial charge in [-0.05, 0) is 87.0 Å². The maximum absolute atomic E-state index is 6.30. The van der Waals surface area contributed by atoms with Crippen LogP contribution < -0.4 is 15.8 Å². The summed E-state index contributed by atoms with van der Waals surface area (Å²) in [5.41, 5.74) is 5.64. The molecule has 2 aliphatic carbocycles. The van der Waals surface area contributed by atoms with Crippen LogP contribution in [0, 0.1) is 16.4 Å². The monoisotopic (exact) mass is 371 g/mol. The van der Waals surface area contributed by atoms with Crippen LogP contribution in [0.3, 0.4) is 0 Å². The average Bonchev–Trinajstić information content (AvgIpc) is 2.96. The molecule has 0 saturated heterocycles. The predicted molar refractivity (Wildman–Crippen MR) is 113 cm³/mol. The highest BCUT2D eigenvalue weighted by atomic mass is 35.5. The standard InChI is InChI=1S/C25H22ClN/c1-16-13-23-20-9-7-17-6-8-18(26)15-22(17)19(20)10-11-21(23)24(14-16)25-5-3-2-4-12-27-25/h2-8,10-12,15-16,27H,9,13-14H2,1H3. The van der Waals surface area contributed by atoms with Crippen molar-refractivity contribution in [2.24, 2.45) is 5.92 Å². The van der Waals surface area contributed by atoms with Crippen LogP contribution in [-0.4, -0.2) is 0 Å². The Bertz CT molecular complexity index is 1240. The van der Waals surface area contributed by atoms with Crippen molar-refractivity contribution in [2.45, 2.75) is 26.2 Å². The van der Waals surface area contributed by atoms with Crippen LogP contribution in [0.5, 0.6) is 0 Å². The van der Waals surface area contributed by atoms with E-state index in [1.165, 1.54) is 43.3 Å². The van der Waals surface area contributed by atoms with Crippen molar-refractivity contribution in [1.82, 2.24) is 5.32 Å². The van der Waals surface area contributed by atoms with E-state index in [-0.39, 0.29) is 0 Å². The molecule has 2 heteroatoms. The first-order valence-electron chi connectivity index (χ1n) is 9.65. The normalized spacial score (nSPS) is 19.9. The third-order valence-corrected chi connectivity index (χ3v) is 6.07. The van der Waals surface area contributed by atoms with Crippen LogP contribution in [0.1, 0.15) is 24.5 Å². The number of hydrogen-bond acceptors (Lipinski definition) is 1. The molecule has 5 rings (SSSR count). The Labute approximate surface area is 164 Å². The molecule has 2 aromatic carbocycles. The van der Waals surface area contributed by atoms with Gasteiger partial charge in [-0.25, -0.2) is 0 Å². The fourth-order valence-corrected chi connectivity index (χ4v) is 4.80. The van der Waals surface area contributed by atoms with Gasteiger partial charge in [0.25, 0.3) is 0 Å². The zero-order valence-electron chi connectivity index (χ0n) is 15.4. The van der Waals surface area contributed by atoms with Crippen molar-refractivity contribution in [3.05, 3.63) is 104 Å². The minimum absolute atomic E-state index is 0.638. The van der Waals surface area contributed by atoms with Gasteiger partial charge in [0.2, 0.25) is 0 Å². The molecular weight excluding hydrogens is 350 g/mol. The lowest BCUT2D eigenvalue weighted by atomic mass is 9.80. The van der Waals surface area contributed by atoms with Crippen molar-refractivity contribution < 1.29 is 0 Å². The van der Waals surface area contributed by atoms with Crippen LogP contribution in [0.4, 0.5) is 0 Å². The highest BCUT2D eigenvalue weighted by Crippen LogP contribution is 2.28. The molecular formula is C25H22ClN. The molecule has 0 bridgehead atoms. The van der Waals surface area contributed by atoms with Gasteiger partial charge in [-0.15, -0.1) is 0 Å². The van der Waals surface area contributed by atoms with E-state index in [0.29, 0.717) is 5.92 Å². The van der Waals surface area contributed by atoms with Gasteiger partial charge in [-0.2, -0.15) is 0 Å². The molecule has 1 atom stereocenters. The minimum atomic E-state index is 0.638. The van der Waals surface area contributed by atoms with E-state index in [1.807, 2.05) is 18.3 Å². The number of allylic oxidation sites excluding steroid dienone is 5. The molecule has 0 aromatic heterocycles. The molecule has 0 amide bonds. The van der Waals surface area contributed by atoms with Gasteiger partial charge in [-0.1, -0.05) is 55.0 Å². The lowest BCUT2D eigenvalue weighted by molar-refractivity contribution is 0.576. The summed E-state index contributed by atoms with van der Waals surface area (Å²) in [5.74, 6) is 0.638. The van der Waals surface area contributed by atoms with Gasteiger partial charge in [0.1, 0.15) is 0 Å². The predicted octanol–water partition coefficient (Wildman–Crippen LogP) is 4.25. The van der Waals surface area contributed by atoms with E-state index < -0.39 is 0 Å². The van der Waals surface area contributed by atoms with Crippen LogP contribution in [0.2, 0.25) is 5.02 Å². The first kappa shape index (κ1) is 16.6. The van der Waals surface area contributed by atoms with Crippen LogP contribution >= 0.6 is 11.6 Å². The molecule has 27 heavy (non-hydrogen) atoms. The first-order chi connectivity index (χ1) is 13.2. The summed E-state index contributed by atoms with van der Waals surface area (Å²) in [6.07, 6.45) is 16.0. The highest BCUT2D eigenvalue weighted by molar-refractivity contribution is 6.30. The molecule has 0 fully saturated rings. The Balaban J connectivity index is 1.85.